The molecule has 0 aromatic carbocycles. The minimum Gasteiger partial charge on any atom is -0.462 e. The summed E-state index contributed by atoms with van der Waals surface area (Å²) in [6.45, 7) is 6.35. The van der Waals surface area contributed by atoms with E-state index in [1.807, 2.05) is 0 Å². The molecule has 0 amide bonds. The fourth-order valence-corrected chi connectivity index (χ4v) is 1.90. The number of thiophene rings is 1. The van der Waals surface area contributed by atoms with Crippen molar-refractivity contribution in [2.24, 2.45) is 0 Å². The summed E-state index contributed by atoms with van der Waals surface area (Å²) < 4.78 is 4.87. The van der Waals surface area contributed by atoms with E-state index in [0.717, 1.165) is 5.00 Å². The molecular weight excluding hydrogens is 212 g/mol. The Bertz CT molecular complexity index is 360. The molecule has 1 aromatic heterocycles. The summed E-state index contributed by atoms with van der Waals surface area (Å²) in [4.78, 5) is 11.9. The Morgan fingerprint density at radius 1 is 1.80 bits per heavy atom. The first-order valence-corrected chi connectivity index (χ1v) is 5.41. The van der Waals surface area contributed by atoms with E-state index in [0.29, 0.717) is 23.7 Å². The first kappa shape index (κ1) is 11.6. The Morgan fingerprint density at radius 2 is 2.53 bits per heavy atom. The van der Waals surface area contributed by atoms with Gasteiger partial charge in [-0.15, -0.1) is 17.9 Å². The van der Waals surface area contributed by atoms with Gasteiger partial charge in [-0.05, 0) is 13.0 Å². The summed E-state index contributed by atoms with van der Waals surface area (Å²) in [5, 5.41) is 3.91. The molecule has 0 spiro atoms. The molecule has 15 heavy (non-hydrogen) atoms. The summed E-state index contributed by atoms with van der Waals surface area (Å²) in [7, 11) is 0. The highest BCUT2D eigenvalue weighted by atomic mass is 32.1. The summed E-state index contributed by atoms with van der Waals surface area (Å²) in [5.74, 6) is -0.369. The summed E-state index contributed by atoms with van der Waals surface area (Å²) in [6.07, 6.45) is 1.74. The number of anilines is 2. The number of nitrogen functional groups attached to an aromatic ring is 1. The molecule has 3 N–H and O–H groups in total. The third-order valence-corrected chi connectivity index (χ3v) is 2.73. The number of nitrogens with one attached hydrogen (secondary N) is 1. The van der Waals surface area contributed by atoms with Crippen LogP contribution in [0.3, 0.4) is 0 Å². The van der Waals surface area contributed by atoms with Gasteiger partial charge >= 0.3 is 5.97 Å². The van der Waals surface area contributed by atoms with Gasteiger partial charge in [0.1, 0.15) is 4.88 Å². The van der Waals surface area contributed by atoms with Crippen LogP contribution in [0.5, 0.6) is 0 Å². The zero-order chi connectivity index (χ0) is 11.3. The number of rotatable bonds is 5. The highest BCUT2D eigenvalue weighted by Gasteiger charge is 2.14. The number of hydrogen-bond acceptors (Lipinski definition) is 5. The van der Waals surface area contributed by atoms with E-state index in [-0.39, 0.29) is 5.97 Å². The Balaban J connectivity index is 2.76. The van der Waals surface area contributed by atoms with Gasteiger partial charge in [-0.1, -0.05) is 6.08 Å². The van der Waals surface area contributed by atoms with Crippen LogP contribution in [0.1, 0.15) is 16.6 Å². The number of nitrogens with two attached hydrogens (primary N) is 1. The second kappa shape index (κ2) is 5.41. The molecular formula is C10H14N2O2S. The molecule has 0 aliphatic carbocycles. The fraction of sp³-hybridized carbons (Fsp3) is 0.300. The predicted octanol–water partition coefficient (Wildman–Crippen LogP) is 2.10. The molecule has 1 rings (SSSR count). The molecule has 4 nitrogen and oxygen atoms in total. The minimum absolute atomic E-state index is 0.353. The van der Waals surface area contributed by atoms with E-state index in [9.17, 15) is 4.79 Å². The number of esters is 1. The van der Waals surface area contributed by atoms with Crippen LogP contribution in [-0.2, 0) is 4.74 Å². The topological polar surface area (TPSA) is 64.3 Å². The van der Waals surface area contributed by atoms with Gasteiger partial charge in [0.25, 0.3) is 0 Å². The van der Waals surface area contributed by atoms with Crippen molar-refractivity contribution in [2.75, 3.05) is 24.2 Å². The third-order valence-electron chi connectivity index (χ3n) is 1.64. The molecule has 82 valence electrons. The Morgan fingerprint density at radius 3 is 3.13 bits per heavy atom. The van der Waals surface area contributed by atoms with Crippen molar-refractivity contribution in [2.45, 2.75) is 6.92 Å². The van der Waals surface area contributed by atoms with Gasteiger partial charge in [-0.3, -0.25) is 0 Å². The Hall–Kier alpha value is -1.49. The monoisotopic (exact) mass is 226 g/mol. The van der Waals surface area contributed by atoms with Crippen LogP contribution in [0.25, 0.3) is 0 Å². The molecule has 5 heteroatoms. The van der Waals surface area contributed by atoms with Gasteiger partial charge in [-0.25, -0.2) is 4.79 Å². The van der Waals surface area contributed by atoms with Gasteiger partial charge in [0.05, 0.1) is 17.3 Å². The van der Waals surface area contributed by atoms with Crippen molar-refractivity contribution in [3.63, 3.8) is 0 Å². The highest BCUT2D eigenvalue weighted by Crippen LogP contribution is 2.29. The van der Waals surface area contributed by atoms with Crippen molar-refractivity contribution in [3.05, 3.63) is 23.6 Å². The first-order valence-electron chi connectivity index (χ1n) is 4.60. The van der Waals surface area contributed by atoms with Gasteiger partial charge in [0.15, 0.2) is 0 Å². The van der Waals surface area contributed by atoms with Crippen molar-refractivity contribution >= 4 is 28.0 Å². The molecule has 0 atom stereocenters. The lowest BCUT2D eigenvalue weighted by atomic mass is 10.4. The van der Waals surface area contributed by atoms with E-state index < -0.39 is 0 Å². The van der Waals surface area contributed by atoms with Gasteiger partial charge in [0.2, 0.25) is 0 Å². The van der Waals surface area contributed by atoms with Crippen molar-refractivity contribution < 1.29 is 9.53 Å². The van der Waals surface area contributed by atoms with Crippen molar-refractivity contribution in [1.82, 2.24) is 0 Å². The Labute approximate surface area is 92.7 Å². The minimum atomic E-state index is -0.369. The lowest BCUT2D eigenvalue weighted by molar-refractivity contribution is 0.0533. The maximum absolute atomic E-state index is 11.4. The average molecular weight is 226 g/mol. The third kappa shape index (κ3) is 2.99. The second-order valence-electron chi connectivity index (χ2n) is 2.79. The van der Waals surface area contributed by atoms with Crippen LogP contribution in [0.2, 0.25) is 0 Å². The fourth-order valence-electron chi connectivity index (χ4n) is 1.02. The van der Waals surface area contributed by atoms with Crippen LogP contribution < -0.4 is 11.1 Å². The molecule has 0 bridgehead atoms. The lowest BCUT2D eigenvalue weighted by Gasteiger charge is -1.98. The summed E-state index contributed by atoms with van der Waals surface area (Å²) >= 11 is 1.29. The molecule has 1 aromatic rings. The van der Waals surface area contributed by atoms with Gasteiger partial charge < -0.3 is 15.8 Å². The quantitative estimate of drug-likeness (QED) is 0.596. The van der Waals surface area contributed by atoms with Crippen LogP contribution in [0.15, 0.2) is 18.7 Å². The highest BCUT2D eigenvalue weighted by molar-refractivity contribution is 7.18. The van der Waals surface area contributed by atoms with E-state index in [1.165, 1.54) is 11.3 Å². The molecule has 0 fully saturated rings. The summed E-state index contributed by atoms with van der Waals surface area (Å²) in [6, 6.07) is 1.72. The largest absolute Gasteiger partial charge is 0.462 e. The molecule has 0 aliphatic heterocycles. The molecule has 0 saturated carbocycles. The molecule has 0 aliphatic rings. The lowest BCUT2D eigenvalue weighted by Crippen LogP contribution is -2.04. The number of carbonyl (C=O) groups excluding carboxylic acids is 1. The maximum Gasteiger partial charge on any atom is 0.350 e. The molecule has 0 saturated heterocycles. The van der Waals surface area contributed by atoms with Crippen molar-refractivity contribution in [1.29, 1.82) is 0 Å². The van der Waals surface area contributed by atoms with Crippen LogP contribution >= 0.6 is 11.3 Å². The normalized spacial score (nSPS) is 9.67. The smallest absolute Gasteiger partial charge is 0.350 e. The first-order chi connectivity index (χ1) is 7.19. The molecule has 0 radical (unpaired) electrons. The molecule has 0 unspecified atom stereocenters. The van der Waals surface area contributed by atoms with Crippen LogP contribution in [0, 0.1) is 0 Å². The van der Waals surface area contributed by atoms with Gasteiger partial charge in [0, 0.05) is 6.54 Å². The predicted molar refractivity (Wildman–Crippen MR) is 63.4 cm³/mol. The number of carbonyl (C=O) groups is 1. The summed E-state index contributed by atoms with van der Waals surface area (Å²) in [5.41, 5.74) is 6.14. The number of hydrogen-bond donors (Lipinski definition) is 2. The zero-order valence-electron chi connectivity index (χ0n) is 8.58. The van der Waals surface area contributed by atoms with Crippen LogP contribution in [0.4, 0.5) is 10.7 Å². The number of ether oxygens (including phenoxy) is 1. The zero-order valence-corrected chi connectivity index (χ0v) is 9.39. The SMILES string of the molecule is C=CCNc1cc(N)c(C(=O)OCC)s1. The van der Waals surface area contributed by atoms with E-state index >= 15 is 0 Å². The van der Waals surface area contributed by atoms with Crippen LogP contribution in [-0.4, -0.2) is 19.1 Å². The second-order valence-corrected chi connectivity index (χ2v) is 3.84. The van der Waals surface area contributed by atoms with Gasteiger partial charge in [-0.2, -0.15) is 0 Å². The Kier molecular flexibility index (Phi) is 4.17. The molecule has 1 heterocycles. The average Bonchev–Trinajstić information content (AvgIpc) is 2.57. The maximum atomic E-state index is 11.4. The van der Waals surface area contributed by atoms with Crippen molar-refractivity contribution in [3.8, 4) is 0 Å². The standard InChI is InChI=1S/C10H14N2O2S/c1-3-5-12-8-6-7(11)9(15-8)10(13)14-4-2/h3,6,12H,1,4-5,11H2,2H3. The van der Waals surface area contributed by atoms with E-state index in [4.69, 9.17) is 10.5 Å². The van der Waals surface area contributed by atoms with E-state index in [2.05, 4.69) is 11.9 Å². The van der Waals surface area contributed by atoms with E-state index in [1.54, 1.807) is 19.1 Å².